The van der Waals surface area contributed by atoms with Gasteiger partial charge in [-0.25, -0.2) is 9.59 Å². The van der Waals surface area contributed by atoms with Gasteiger partial charge in [0, 0.05) is 0 Å². The van der Waals surface area contributed by atoms with Gasteiger partial charge in [0.1, 0.15) is 48.6 Å². The third-order valence-corrected chi connectivity index (χ3v) is 9.87. The molecule has 0 aromatic carbocycles. The highest BCUT2D eigenvalue weighted by Gasteiger charge is 2.50. The molecule has 0 spiro atoms. The molecule has 24 nitrogen and oxygen atoms in total. The Morgan fingerprint density at radius 3 is 0.920 bits per heavy atom. The number of aliphatic hydroxyl groups excluding tert-OH is 3. The number of halogens is 2. The molecule has 1 aliphatic heterocycles. The van der Waals surface area contributed by atoms with Crippen molar-refractivity contribution >= 4 is 56.9 Å². The van der Waals surface area contributed by atoms with Crippen molar-refractivity contribution < 1.29 is 115 Å². The number of terminal acetylenes is 3. The molecule has 510 valence electrons. The molecular formula is C60H109BBr2O24. The van der Waals surface area contributed by atoms with E-state index >= 15 is 0 Å². The molecule has 0 unspecified atom stereocenters. The molecule has 0 saturated carbocycles. The van der Waals surface area contributed by atoms with Gasteiger partial charge in [0.15, 0.2) is 0 Å². The first kappa shape index (κ1) is 92.9. The molecule has 0 amide bonds. The van der Waals surface area contributed by atoms with Gasteiger partial charge in [-0.2, -0.15) is 0 Å². The number of rotatable bonds is 43. The second kappa shape index (κ2) is 64.7. The molecule has 87 heavy (non-hydrogen) atoms. The summed E-state index contributed by atoms with van der Waals surface area (Å²) in [5, 5.41) is 25.8. The van der Waals surface area contributed by atoms with Gasteiger partial charge in [-0.05, 0) is 90.0 Å². The largest absolute Gasteiger partial charge is 0.486 e. The standard InChI is InChI=1S/C21H39BO8.C15H26O6.C9H16O4.C6H11BrO2.C6H14O4.C3H3Br/c1-19(2,3)28-18(23)17-27-16-15-26-14-13-25-12-11-24-10-8-9-22-29-20(4,5)21(6,7)30-22;1-5-6-17-7-8-18-9-10-19-11-12-20-13-14(16)21-15(2,3)4;1-2-4-11-6-8-13-9-7-12-5-3-10;1-6(2,3)9-5(8)4-7;7-1-3-9-5-6-10-4-2-8;1-2-3-4/h8-9H,10-17H2,1-7H3;1H,6-13H2,2-4H3;1,10H,3-9H2;4H2,1-3H3;7-8H,1-6H2;1H,3H2/b9-8+;;;;;. The number of hydrogen-bond acceptors (Lipinski definition) is 24. The van der Waals surface area contributed by atoms with E-state index in [4.69, 9.17) is 120 Å². The number of hydrogen-bond donors (Lipinski definition) is 3. The summed E-state index contributed by atoms with van der Waals surface area (Å²) < 4.78 is 93.8. The molecule has 0 radical (unpaired) electrons. The van der Waals surface area contributed by atoms with Crippen molar-refractivity contribution in [3.8, 4) is 37.0 Å². The summed E-state index contributed by atoms with van der Waals surface area (Å²) in [6.45, 7) is 34.9. The van der Waals surface area contributed by atoms with Crippen molar-refractivity contribution in [2.45, 2.75) is 118 Å². The average molecular weight is 1390 g/mol. The molecule has 0 aromatic heterocycles. The predicted molar refractivity (Wildman–Crippen MR) is 339 cm³/mol. The Labute approximate surface area is 538 Å². The summed E-state index contributed by atoms with van der Waals surface area (Å²) in [6, 6.07) is 0. The van der Waals surface area contributed by atoms with Crippen LogP contribution in [-0.2, 0) is 99.5 Å². The molecule has 0 aliphatic carbocycles. The van der Waals surface area contributed by atoms with E-state index in [-0.39, 0.29) is 80.2 Å². The Kier molecular flexibility index (Phi) is 69.0. The van der Waals surface area contributed by atoms with Crippen LogP contribution in [0.5, 0.6) is 0 Å². The van der Waals surface area contributed by atoms with Crippen LogP contribution in [-0.4, -0.2) is 271 Å². The van der Waals surface area contributed by atoms with E-state index in [1.165, 1.54) is 0 Å². The van der Waals surface area contributed by atoms with Crippen LogP contribution in [0.3, 0.4) is 0 Å². The van der Waals surface area contributed by atoms with Crippen LogP contribution in [0.15, 0.2) is 12.1 Å². The lowest BCUT2D eigenvalue weighted by atomic mass is 9.90. The highest BCUT2D eigenvalue weighted by atomic mass is 79.9. The van der Waals surface area contributed by atoms with Crippen LogP contribution in [0, 0.1) is 37.0 Å². The number of esters is 3. The van der Waals surface area contributed by atoms with Crippen LogP contribution < -0.4 is 0 Å². The van der Waals surface area contributed by atoms with Crippen LogP contribution in [0.1, 0.15) is 90.0 Å². The minimum absolute atomic E-state index is 0.0417. The number of alkyl halides is 2. The molecule has 3 N–H and O–H groups in total. The maximum atomic E-state index is 11.4. The van der Waals surface area contributed by atoms with E-state index in [0.717, 1.165) is 0 Å². The fourth-order valence-corrected chi connectivity index (χ4v) is 5.15. The minimum Gasteiger partial charge on any atom is -0.459 e. The Morgan fingerprint density at radius 1 is 0.425 bits per heavy atom. The molecule has 1 rings (SSSR count). The Morgan fingerprint density at radius 2 is 0.678 bits per heavy atom. The predicted octanol–water partition coefficient (Wildman–Crippen LogP) is 5.01. The lowest BCUT2D eigenvalue weighted by Crippen LogP contribution is -2.41. The van der Waals surface area contributed by atoms with Crippen molar-refractivity contribution in [3.05, 3.63) is 12.1 Å². The van der Waals surface area contributed by atoms with Gasteiger partial charge < -0.3 is 100 Å². The minimum atomic E-state index is -0.499. The van der Waals surface area contributed by atoms with Gasteiger partial charge in [0.25, 0.3) is 0 Å². The second-order valence-electron chi connectivity index (χ2n) is 21.0. The first-order chi connectivity index (χ1) is 41.1. The maximum Gasteiger partial charge on any atom is 0.486 e. The van der Waals surface area contributed by atoms with E-state index in [1.807, 2.05) is 102 Å². The zero-order chi connectivity index (χ0) is 67.0. The normalized spacial score (nSPS) is 13.0. The maximum absolute atomic E-state index is 11.4. The highest BCUT2D eigenvalue weighted by molar-refractivity contribution is 9.09. The third kappa shape index (κ3) is 81.1. The van der Waals surface area contributed by atoms with Gasteiger partial charge in [-0.3, -0.25) is 4.79 Å². The molecule has 27 heteroatoms. The SMILES string of the molecule is C#CCBr.C#CCOCCOCCOCCO.C#CCOCCOCCOCCOCC(=O)OC(C)(C)C.CC(C)(C)OC(=O)CBr.CC(C)(C)OC(=O)COCCOCCOCCOC/C=C/B1OC(C)(C)C(C)(C)O1.OCCOCCOCCO. The highest BCUT2D eigenvalue weighted by Crippen LogP contribution is 2.36. The second-order valence-corrected chi connectivity index (χ2v) is 22.2. The Balaban J connectivity index is -0.000000341. The summed E-state index contributed by atoms with van der Waals surface area (Å²) >= 11 is 6.01. The number of carbonyl (C=O) groups excluding carboxylic acids is 3. The van der Waals surface area contributed by atoms with Crippen LogP contribution in [0.25, 0.3) is 0 Å². The first-order valence-corrected chi connectivity index (χ1v) is 30.8. The van der Waals surface area contributed by atoms with Gasteiger partial charge >= 0.3 is 25.0 Å². The van der Waals surface area contributed by atoms with Crippen molar-refractivity contribution in [1.82, 2.24) is 0 Å². The molecule has 1 aliphatic rings. The zero-order valence-corrected chi connectivity index (χ0v) is 57.7. The van der Waals surface area contributed by atoms with Crippen molar-refractivity contribution in [2.24, 2.45) is 0 Å². The average Bonchev–Trinajstić information content (AvgIpc) is 1.85. The monoisotopic (exact) mass is 1380 g/mol. The molecule has 1 fully saturated rings. The van der Waals surface area contributed by atoms with Crippen LogP contribution in [0.4, 0.5) is 0 Å². The molecule has 0 aromatic rings. The van der Waals surface area contributed by atoms with Gasteiger partial charge in [0.05, 0.1) is 182 Å². The molecule has 1 saturated heterocycles. The first-order valence-electron chi connectivity index (χ1n) is 28.5. The molecular weight excluding hydrogens is 1280 g/mol. The number of ether oxygens (including phenoxy) is 16. The topological polar surface area (TPSA) is 278 Å². The van der Waals surface area contributed by atoms with Crippen molar-refractivity contribution in [1.29, 1.82) is 0 Å². The van der Waals surface area contributed by atoms with Gasteiger partial charge in [0.2, 0.25) is 0 Å². The Hall–Kier alpha value is -2.87. The number of carbonyl (C=O) groups is 3. The summed E-state index contributed by atoms with van der Waals surface area (Å²) in [5.41, 5.74) is -2.00. The lowest BCUT2D eigenvalue weighted by Gasteiger charge is -2.32. The molecule has 0 bridgehead atoms. The third-order valence-electron chi connectivity index (χ3n) is 9.09. The van der Waals surface area contributed by atoms with Crippen LogP contribution in [0.2, 0.25) is 0 Å². The smallest absolute Gasteiger partial charge is 0.459 e. The summed E-state index contributed by atoms with van der Waals surface area (Å²) in [7, 11) is -0.347. The summed E-state index contributed by atoms with van der Waals surface area (Å²) in [5.74, 6) is 7.97. The summed E-state index contributed by atoms with van der Waals surface area (Å²) in [6.07, 6.45) is 16.6. The zero-order valence-electron chi connectivity index (χ0n) is 54.6. The van der Waals surface area contributed by atoms with Crippen LogP contribution >= 0.6 is 31.9 Å². The van der Waals surface area contributed by atoms with Gasteiger partial charge in [-0.15, -0.1) is 19.3 Å². The van der Waals surface area contributed by atoms with Crippen molar-refractivity contribution in [3.63, 3.8) is 0 Å². The molecule has 0 atom stereocenters. The fraction of sp³-hybridized carbons (Fsp3) is 0.817. The fourth-order valence-electron chi connectivity index (χ4n) is 5.04. The van der Waals surface area contributed by atoms with E-state index in [0.29, 0.717) is 164 Å². The van der Waals surface area contributed by atoms with E-state index in [1.54, 1.807) is 0 Å². The Bertz CT molecular complexity index is 1700. The van der Waals surface area contributed by atoms with Crippen molar-refractivity contribution in [2.75, 3.05) is 202 Å². The quantitative estimate of drug-likeness (QED) is 0.0181. The molecule has 1 heterocycles. The lowest BCUT2D eigenvalue weighted by molar-refractivity contribution is -0.161. The van der Waals surface area contributed by atoms with E-state index in [9.17, 15) is 14.4 Å². The summed E-state index contributed by atoms with van der Waals surface area (Å²) in [4.78, 5) is 33.3. The van der Waals surface area contributed by atoms with Gasteiger partial charge in [-0.1, -0.05) is 61.7 Å². The van der Waals surface area contributed by atoms with E-state index < -0.39 is 11.2 Å². The number of aliphatic hydroxyl groups is 3. The van der Waals surface area contributed by atoms with E-state index in [2.05, 4.69) is 49.6 Å².